The number of likely N-dealkylation sites (tertiary alicyclic amines) is 1. The van der Waals surface area contributed by atoms with Crippen molar-refractivity contribution in [1.29, 1.82) is 0 Å². The molecule has 7 heteroatoms. The molecule has 1 unspecified atom stereocenters. The summed E-state index contributed by atoms with van der Waals surface area (Å²) in [4.78, 5) is 27.4. The molecule has 3 rings (SSSR count). The highest BCUT2D eigenvalue weighted by molar-refractivity contribution is 6.18. The van der Waals surface area contributed by atoms with E-state index in [1.54, 1.807) is 18.6 Å². The molecule has 0 radical (unpaired) electrons. The number of aryl methyl sites for hydroxylation is 1. The number of carbonyl (C=O) groups excluding carboxylic acids is 1. The van der Waals surface area contributed by atoms with Gasteiger partial charge in [-0.05, 0) is 31.4 Å². The minimum absolute atomic E-state index is 0.0677. The number of nitrogens with zero attached hydrogens (tertiary/aromatic N) is 4. The lowest BCUT2D eigenvalue weighted by Gasteiger charge is -2.25. The molecule has 1 aliphatic heterocycles. The number of hydrogen-bond acceptors (Lipinski definition) is 5. The van der Waals surface area contributed by atoms with Gasteiger partial charge in [-0.3, -0.25) is 9.78 Å². The van der Waals surface area contributed by atoms with Crippen LogP contribution in [0.5, 0.6) is 0 Å². The van der Waals surface area contributed by atoms with E-state index in [1.807, 2.05) is 24.0 Å². The fourth-order valence-corrected chi connectivity index (χ4v) is 3.15. The first kappa shape index (κ1) is 16.6. The van der Waals surface area contributed by atoms with Crippen LogP contribution in [0.25, 0.3) is 0 Å². The first-order valence-corrected chi connectivity index (χ1v) is 8.59. The van der Waals surface area contributed by atoms with Crippen LogP contribution in [0, 0.1) is 6.92 Å². The number of amides is 1. The Kier molecular flexibility index (Phi) is 5.25. The Labute approximate surface area is 146 Å². The van der Waals surface area contributed by atoms with Crippen molar-refractivity contribution in [3.05, 3.63) is 42.0 Å². The molecule has 1 atom stereocenters. The molecule has 1 N–H and O–H groups in total. The van der Waals surface area contributed by atoms with Gasteiger partial charge in [0.15, 0.2) is 5.82 Å². The number of nitrogens with one attached hydrogen (secondary N) is 1. The second-order valence-corrected chi connectivity index (χ2v) is 6.15. The van der Waals surface area contributed by atoms with Gasteiger partial charge in [-0.15, -0.1) is 11.6 Å². The minimum Gasteiger partial charge on any atom is -0.334 e. The van der Waals surface area contributed by atoms with Crippen LogP contribution in [0.1, 0.15) is 36.6 Å². The maximum absolute atomic E-state index is 12.3. The molecule has 126 valence electrons. The Morgan fingerprint density at radius 2 is 2.08 bits per heavy atom. The van der Waals surface area contributed by atoms with Crippen LogP contribution in [0.15, 0.2) is 30.7 Å². The average molecular weight is 346 g/mol. The summed E-state index contributed by atoms with van der Waals surface area (Å²) in [5, 5.41) is 3.26. The van der Waals surface area contributed by atoms with Crippen LogP contribution >= 0.6 is 11.6 Å². The molecule has 1 amide bonds. The molecule has 0 saturated carbocycles. The summed E-state index contributed by atoms with van der Waals surface area (Å²) in [7, 11) is 0. The van der Waals surface area contributed by atoms with Crippen LogP contribution in [0.2, 0.25) is 0 Å². The normalized spacial score (nSPS) is 17.1. The van der Waals surface area contributed by atoms with Gasteiger partial charge in [0.25, 0.3) is 0 Å². The second-order valence-electron chi connectivity index (χ2n) is 5.77. The van der Waals surface area contributed by atoms with Crippen molar-refractivity contribution in [1.82, 2.24) is 19.9 Å². The van der Waals surface area contributed by atoms with Gasteiger partial charge in [0.2, 0.25) is 5.91 Å². The third-order valence-electron chi connectivity index (χ3n) is 4.17. The van der Waals surface area contributed by atoms with Crippen LogP contribution < -0.4 is 5.32 Å². The molecular formula is C17H20ClN5O. The Balaban J connectivity index is 1.89. The summed E-state index contributed by atoms with van der Waals surface area (Å²) < 4.78 is 0. The predicted molar refractivity (Wildman–Crippen MR) is 93.3 cm³/mol. The Morgan fingerprint density at radius 3 is 2.88 bits per heavy atom. The topological polar surface area (TPSA) is 71.0 Å². The predicted octanol–water partition coefficient (Wildman–Crippen LogP) is 3.22. The number of rotatable bonds is 5. The van der Waals surface area contributed by atoms with Gasteiger partial charge in [-0.2, -0.15) is 0 Å². The van der Waals surface area contributed by atoms with Gasteiger partial charge >= 0.3 is 0 Å². The van der Waals surface area contributed by atoms with Gasteiger partial charge in [0, 0.05) is 37.4 Å². The zero-order valence-electron chi connectivity index (χ0n) is 13.6. The molecule has 24 heavy (non-hydrogen) atoms. The third kappa shape index (κ3) is 3.48. The van der Waals surface area contributed by atoms with Crippen molar-refractivity contribution in [2.45, 2.75) is 32.2 Å². The zero-order chi connectivity index (χ0) is 16.9. The van der Waals surface area contributed by atoms with Crippen molar-refractivity contribution in [2.24, 2.45) is 0 Å². The summed E-state index contributed by atoms with van der Waals surface area (Å²) >= 11 is 5.73. The Bertz CT molecular complexity index is 724. The fourth-order valence-electron chi connectivity index (χ4n) is 2.99. The zero-order valence-corrected chi connectivity index (χ0v) is 14.3. The number of alkyl halides is 1. The SMILES string of the molecule is Cc1cccnc1Nc1nccnc1C1CCCN1C(=O)CCCl. The number of anilines is 2. The maximum atomic E-state index is 12.3. The Hall–Kier alpha value is -2.21. The van der Waals surface area contributed by atoms with Gasteiger partial charge < -0.3 is 10.2 Å². The first-order chi connectivity index (χ1) is 11.7. The van der Waals surface area contributed by atoms with Crippen LogP contribution in [0.4, 0.5) is 11.6 Å². The highest BCUT2D eigenvalue weighted by atomic mass is 35.5. The van der Waals surface area contributed by atoms with E-state index in [9.17, 15) is 4.79 Å². The summed E-state index contributed by atoms with van der Waals surface area (Å²) in [5.74, 6) is 1.80. The molecule has 2 aromatic heterocycles. The number of carbonyl (C=O) groups is 1. The molecule has 0 spiro atoms. The highest BCUT2D eigenvalue weighted by Crippen LogP contribution is 2.35. The Morgan fingerprint density at radius 1 is 1.29 bits per heavy atom. The lowest BCUT2D eigenvalue weighted by molar-refractivity contribution is -0.131. The largest absolute Gasteiger partial charge is 0.334 e. The average Bonchev–Trinajstić information content (AvgIpc) is 3.07. The van der Waals surface area contributed by atoms with Crippen molar-refractivity contribution >= 4 is 29.1 Å². The minimum atomic E-state index is -0.0686. The summed E-state index contributed by atoms with van der Waals surface area (Å²) in [6, 6.07) is 3.81. The third-order valence-corrected chi connectivity index (χ3v) is 4.36. The molecule has 0 aliphatic carbocycles. The van der Waals surface area contributed by atoms with E-state index in [0.717, 1.165) is 36.5 Å². The van der Waals surface area contributed by atoms with E-state index < -0.39 is 0 Å². The van der Waals surface area contributed by atoms with E-state index in [-0.39, 0.29) is 11.9 Å². The lowest BCUT2D eigenvalue weighted by atomic mass is 10.1. The van der Waals surface area contributed by atoms with Crippen LogP contribution in [0.3, 0.4) is 0 Å². The molecule has 6 nitrogen and oxygen atoms in total. The van der Waals surface area contributed by atoms with Crippen LogP contribution in [-0.4, -0.2) is 38.2 Å². The smallest absolute Gasteiger partial charge is 0.224 e. The number of hydrogen-bond donors (Lipinski definition) is 1. The molecule has 0 aromatic carbocycles. The van der Waals surface area contributed by atoms with Crippen molar-refractivity contribution in [2.75, 3.05) is 17.7 Å². The van der Waals surface area contributed by atoms with Crippen molar-refractivity contribution in [3.63, 3.8) is 0 Å². The van der Waals surface area contributed by atoms with Crippen molar-refractivity contribution in [3.8, 4) is 0 Å². The summed E-state index contributed by atoms with van der Waals surface area (Å²) in [6.45, 7) is 2.72. The number of halogens is 1. The quantitative estimate of drug-likeness (QED) is 0.842. The highest BCUT2D eigenvalue weighted by Gasteiger charge is 2.32. The maximum Gasteiger partial charge on any atom is 0.224 e. The monoisotopic (exact) mass is 345 g/mol. The van der Waals surface area contributed by atoms with Gasteiger partial charge in [0.1, 0.15) is 11.5 Å². The molecule has 1 saturated heterocycles. The molecular weight excluding hydrogens is 326 g/mol. The van der Waals surface area contributed by atoms with Crippen LogP contribution in [-0.2, 0) is 4.79 Å². The van der Waals surface area contributed by atoms with Gasteiger partial charge in [-0.1, -0.05) is 6.07 Å². The second kappa shape index (κ2) is 7.57. The fraction of sp³-hybridized carbons (Fsp3) is 0.412. The lowest BCUT2D eigenvalue weighted by Crippen LogP contribution is -2.31. The molecule has 2 aromatic rings. The number of pyridine rings is 1. The van der Waals surface area contributed by atoms with E-state index in [2.05, 4.69) is 20.3 Å². The summed E-state index contributed by atoms with van der Waals surface area (Å²) in [5.41, 5.74) is 1.80. The molecule has 0 bridgehead atoms. The van der Waals surface area contributed by atoms with E-state index in [0.29, 0.717) is 18.1 Å². The molecule has 1 aliphatic rings. The van der Waals surface area contributed by atoms with E-state index in [4.69, 9.17) is 11.6 Å². The number of aromatic nitrogens is 3. The molecule has 3 heterocycles. The van der Waals surface area contributed by atoms with Gasteiger partial charge in [-0.25, -0.2) is 9.97 Å². The summed E-state index contributed by atoms with van der Waals surface area (Å²) in [6.07, 6.45) is 7.22. The van der Waals surface area contributed by atoms with Gasteiger partial charge in [0.05, 0.1) is 6.04 Å². The van der Waals surface area contributed by atoms with E-state index in [1.165, 1.54) is 0 Å². The first-order valence-electron chi connectivity index (χ1n) is 8.05. The van der Waals surface area contributed by atoms with E-state index >= 15 is 0 Å². The standard InChI is InChI=1S/C17H20ClN5O/c1-12-4-2-8-20-16(12)22-17-15(19-9-10-21-17)13-5-3-11-23(13)14(24)6-7-18/h2,4,8-10,13H,3,5-7,11H2,1H3,(H,20,21,22). The molecule has 1 fully saturated rings. The van der Waals surface area contributed by atoms with Crippen molar-refractivity contribution < 1.29 is 4.79 Å².